The van der Waals surface area contributed by atoms with Crippen molar-refractivity contribution in [2.24, 2.45) is 34.5 Å². The lowest BCUT2D eigenvalue weighted by molar-refractivity contribution is -0.137. The molecule has 3 fully saturated rings. The maximum atomic E-state index is 10.9. The molecule has 7 unspecified atom stereocenters. The number of carboxylic acid groups (broad SMARTS) is 1. The molecule has 0 heterocycles. The highest BCUT2D eigenvalue weighted by Gasteiger charge is 2.58. The van der Waals surface area contributed by atoms with Crippen molar-refractivity contribution in [1.29, 1.82) is 0 Å². The van der Waals surface area contributed by atoms with Gasteiger partial charge in [-0.25, -0.2) is 0 Å². The largest absolute Gasteiger partial charge is 0.481 e. The molecule has 0 bridgehead atoms. The zero-order valence-corrected chi connectivity index (χ0v) is 20.5. The molecule has 4 aliphatic rings. The first kappa shape index (κ1) is 25.4. The predicted molar refractivity (Wildman–Crippen MR) is 125 cm³/mol. The van der Waals surface area contributed by atoms with Crippen molar-refractivity contribution >= 4 is 5.97 Å². The van der Waals surface area contributed by atoms with Crippen molar-refractivity contribution < 1.29 is 15.0 Å². The zero-order chi connectivity index (χ0) is 22.5. The molecule has 30 heavy (non-hydrogen) atoms. The van der Waals surface area contributed by atoms with E-state index in [0.29, 0.717) is 17.3 Å². The third-order valence-electron chi connectivity index (χ3n) is 9.22. The quantitative estimate of drug-likeness (QED) is 0.471. The highest BCUT2D eigenvalue weighted by molar-refractivity contribution is 5.66. The molecule has 2 N–H and O–H groups in total. The van der Waals surface area contributed by atoms with E-state index >= 15 is 0 Å². The molecule has 0 amide bonds. The first-order valence-electron chi connectivity index (χ1n) is 12.9. The molecule has 174 valence electrons. The van der Waals surface area contributed by atoms with Crippen LogP contribution >= 0.6 is 0 Å². The number of hydrogen-bond donors (Lipinski definition) is 2. The van der Waals surface area contributed by atoms with Gasteiger partial charge in [0, 0.05) is 6.42 Å². The Kier molecular flexibility index (Phi) is 9.04. The molecule has 0 aromatic rings. The van der Waals surface area contributed by atoms with E-state index in [1.165, 1.54) is 32.1 Å². The first-order valence-corrected chi connectivity index (χ1v) is 12.9. The van der Waals surface area contributed by atoms with Crippen LogP contribution in [0.1, 0.15) is 112 Å². The number of carbonyl (C=O) groups is 1. The summed E-state index contributed by atoms with van der Waals surface area (Å²) in [5.41, 5.74) is 2.30. The van der Waals surface area contributed by atoms with E-state index in [9.17, 15) is 9.90 Å². The van der Waals surface area contributed by atoms with Crippen molar-refractivity contribution in [2.45, 2.75) is 118 Å². The molecule has 0 saturated heterocycles. The van der Waals surface area contributed by atoms with E-state index in [1.807, 2.05) is 27.7 Å². The smallest absolute Gasteiger partial charge is 0.303 e. The molecule has 0 spiro atoms. The van der Waals surface area contributed by atoms with Crippen LogP contribution in [0.4, 0.5) is 0 Å². The molecule has 0 aliphatic heterocycles. The highest BCUT2D eigenvalue weighted by atomic mass is 16.4. The second kappa shape index (κ2) is 10.7. The van der Waals surface area contributed by atoms with Gasteiger partial charge in [0.05, 0.1) is 6.10 Å². The molecule has 0 radical (unpaired) electrons. The lowest BCUT2D eigenvalue weighted by Crippen LogP contribution is -2.50. The number of aliphatic carboxylic acids is 1. The summed E-state index contributed by atoms with van der Waals surface area (Å²) >= 11 is 0. The summed E-state index contributed by atoms with van der Waals surface area (Å²) in [6.07, 6.45) is 14.2. The number of carboxylic acids is 1. The SMILES string of the molecule is CC.CC.CC12CCC(O)CC1=CCC1C2CCC2(C)C(CCCC(=O)O)CCC12. The summed E-state index contributed by atoms with van der Waals surface area (Å²) in [5.74, 6) is 2.50. The van der Waals surface area contributed by atoms with Crippen LogP contribution in [0.5, 0.6) is 0 Å². The van der Waals surface area contributed by atoms with Crippen LogP contribution in [0.3, 0.4) is 0 Å². The third kappa shape index (κ3) is 4.66. The molecular weight excluding hydrogens is 372 g/mol. The summed E-state index contributed by atoms with van der Waals surface area (Å²) in [7, 11) is 0. The van der Waals surface area contributed by atoms with Gasteiger partial charge in [0.2, 0.25) is 0 Å². The van der Waals surface area contributed by atoms with Crippen LogP contribution in [-0.2, 0) is 4.79 Å². The fourth-order valence-electron chi connectivity index (χ4n) is 7.72. The Morgan fingerprint density at radius 2 is 1.73 bits per heavy atom. The van der Waals surface area contributed by atoms with Crippen molar-refractivity contribution in [1.82, 2.24) is 0 Å². The number of hydrogen-bond acceptors (Lipinski definition) is 2. The second-order valence-electron chi connectivity index (χ2n) is 10.3. The molecule has 0 aromatic carbocycles. The van der Waals surface area contributed by atoms with Gasteiger partial charge in [-0.05, 0) is 98.7 Å². The molecule has 7 atom stereocenters. The van der Waals surface area contributed by atoms with E-state index < -0.39 is 5.97 Å². The Bertz CT molecular complexity index is 597. The zero-order valence-electron chi connectivity index (χ0n) is 20.5. The minimum atomic E-state index is -0.647. The molecular formula is C27H48O3. The molecule has 3 heteroatoms. The maximum Gasteiger partial charge on any atom is 0.303 e. The summed E-state index contributed by atoms with van der Waals surface area (Å²) in [5, 5.41) is 19.1. The summed E-state index contributed by atoms with van der Waals surface area (Å²) in [4.78, 5) is 10.9. The Labute approximate surface area is 185 Å². The first-order chi connectivity index (χ1) is 14.3. The van der Waals surface area contributed by atoms with E-state index in [2.05, 4.69) is 19.9 Å². The highest BCUT2D eigenvalue weighted by Crippen LogP contribution is 2.66. The predicted octanol–water partition coefficient (Wildman–Crippen LogP) is 7.23. The number of aliphatic hydroxyl groups is 1. The van der Waals surface area contributed by atoms with Crippen molar-refractivity contribution in [3.8, 4) is 0 Å². The minimum absolute atomic E-state index is 0.121. The van der Waals surface area contributed by atoms with Crippen LogP contribution in [0.15, 0.2) is 11.6 Å². The number of rotatable bonds is 4. The van der Waals surface area contributed by atoms with Gasteiger partial charge >= 0.3 is 5.97 Å². The van der Waals surface area contributed by atoms with Gasteiger partial charge in [-0.1, -0.05) is 53.2 Å². The Hall–Kier alpha value is -0.830. The van der Waals surface area contributed by atoms with E-state index in [-0.39, 0.29) is 6.10 Å². The average molecular weight is 421 g/mol. The molecule has 0 aromatic heterocycles. The van der Waals surface area contributed by atoms with Crippen molar-refractivity contribution in [3.05, 3.63) is 11.6 Å². The molecule has 3 nitrogen and oxygen atoms in total. The average Bonchev–Trinajstić information content (AvgIpc) is 3.08. The summed E-state index contributed by atoms with van der Waals surface area (Å²) < 4.78 is 0. The topological polar surface area (TPSA) is 57.5 Å². The van der Waals surface area contributed by atoms with Crippen molar-refractivity contribution in [2.75, 3.05) is 0 Å². The van der Waals surface area contributed by atoms with Crippen LogP contribution in [0.2, 0.25) is 0 Å². The molecule has 4 aliphatic carbocycles. The van der Waals surface area contributed by atoms with Gasteiger partial charge < -0.3 is 10.2 Å². The second-order valence-corrected chi connectivity index (χ2v) is 10.3. The van der Waals surface area contributed by atoms with Crippen LogP contribution < -0.4 is 0 Å². The number of aliphatic hydroxyl groups excluding tert-OH is 1. The van der Waals surface area contributed by atoms with Gasteiger partial charge in [-0.3, -0.25) is 4.79 Å². The van der Waals surface area contributed by atoms with Crippen LogP contribution in [0.25, 0.3) is 0 Å². The van der Waals surface area contributed by atoms with Crippen LogP contribution in [0, 0.1) is 34.5 Å². The summed E-state index contributed by atoms with van der Waals surface area (Å²) in [6, 6.07) is 0. The Morgan fingerprint density at radius 1 is 1.03 bits per heavy atom. The van der Waals surface area contributed by atoms with Gasteiger partial charge in [0.25, 0.3) is 0 Å². The number of fused-ring (bicyclic) bond motifs is 5. The maximum absolute atomic E-state index is 10.9. The molecule has 4 rings (SSSR count). The molecule has 3 saturated carbocycles. The normalized spacial score (nSPS) is 41.6. The fourth-order valence-corrected chi connectivity index (χ4v) is 7.72. The summed E-state index contributed by atoms with van der Waals surface area (Å²) in [6.45, 7) is 13.0. The minimum Gasteiger partial charge on any atom is -0.481 e. The van der Waals surface area contributed by atoms with Crippen molar-refractivity contribution in [3.63, 3.8) is 0 Å². The number of allylic oxidation sites excluding steroid dienone is 1. The Morgan fingerprint density at radius 3 is 2.40 bits per heavy atom. The van der Waals surface area contributed by atoms with Gasteiger partial charge in [0.1, 0.15) is 0 Å². The van der Waals surface area contributed by atoms with E-state index in [0.717, 1.165) is 55.8 Å². The lowest BCUT2D eigenvalue weighted by atomic mass is 9.47. The standard InChI is InChI=1S/C23H36O3.2C2H6/c1-22-13-11-20-18(8-6-16-14-17(24)10-12-23(16,20)2)19(22)9-7-15(22)4-3-5-21(25)26;2*1-2/h6,15,17-20,24H,3-5,7-14H2,1-2H3,(H,25,26);2*1-2H3. The van der Waals surface area contributed by atoms with Gasteiger partial charge in [-0.2, -0.15) is 0 Å². The lowest BCUT2D eigenvalue weighted by Gasteiger charge is -2.58. The third-order valence-corrected chi connectivity index (χ3v) is 9.22. The monoisotopic (exact) mass is 420 g/mol. The van der Waals surface area contributed by atoms with E-state index in [4.69, 9.17) is 5.11 Å². The van der Waals surface area contributed by atoms with Gasteiger partial charge in [0.15, 0.2) is 0 Å². The Balaban J connectivity index is 0.000000757. The van der Waals surface area contributed by atoms with Gasteiger partial charge in [-0.15, -0.1) is 0 Å². The fraction of sp³-hybridized carbons (Fsp3) is 0.889. The van der Waals surface area contributed by atoms with E-state index in [1.54, 1.807) is 5.57 Å². The van der Waals surface area contributed by atoms with Crippen LogP contribution in [-0.4, -0.2) is 22.3 Å².